The van der Waals surface area contributed by atoms with Gasteiger partial charge < -0.3 is 0 Å². The van der Waals surface area contributed by atoms with Crippen LogP contribution in [0.25, 0.3) is 0 Å². The number of hydrogen-bond acceptors (Lipinski definition) is 2. The van der Waals surface area contributed by atoms with Crippen LogP contribution in [0.3, 0.4) is 0 Å². The van der Waals surface area contributed by atoms with Crippen molar-refractivity contribution < 1.29 is 31.1 Å². The molecule has 9 heteroatoms. The second-order valence-electron chi connectivity index (χ2n) is 4.90. The predicted molar refractivity (Wildman–Crippen MR) is 77.9 cm³/mol. The Balaban J connectivity index is 2.03. The lowest BCUT2D eigenvalue weighted by molar-refractivity contribution is -0.138. The highest BCUT2D eigenvalue weighted by atomic mass is 19.4. The zero-order valence-corrected chi connectivity index (χ0v) is 12.3. The van der Waals surface area contributed by atoms with Gasteiger partial charge in [-0.1, -0.05) is 18.2 Å². The van der Waals surface area contributed by atoms with E-state index in [0.29, 0.717) is 6.07 Å². The lowest BCUT2D eigenvalue weighted by atomic mass is 10.1. The Morgan fingerprint density at radius 3 is 2.04 bits per heavy atom. The number of nitrogens with zero attached hydrogens (tertiary/aromatic N) is 1. The average molecular weight is 360 g/mol. The van der Waals surface area contributed by atoms with Crippen LogP contribution in [0.1, 0.15) is 27.0 Å². The van der Waals surface area contributed by atoms with Crippen LogP contribution in [0.2, 0.25) is 0 Å². The van der Waals surface area contributed by atoms with Crippen molar-refractivity contribution in [1.82, 2.24) is 5.43 Å². The third kappa shape index (κ3) is 5.07. The van der Waals surface area contributed by atoms with Crippen molar-refractivity contribution in [3.8, 4) is 0 Å². The van der Waals surface area contributed by atoms with Crippen molar-refractivity contribution in [1.29, 1.82) is 0 Å². The molecule has 0 heterocycles. The molecule has 132 valence electrons. The molecule has 1 N–H and O–H groups in total. The number of alkyl halides is 6. The first-order valence-corrected chi connectivity index (χ1v) is 6.75. The number of carbonyl (C=O) groups is 1. The quantitative estimate of drug-likeness (QED) is 0.489. The van der Waals surface area contributed by atoms with Crippen LogP contribution in [-0.2, 0) is 12.4 Å². The molecule has 0 unspecified atom stereocenters. The largest absolute Gasteiger partial charge is 0.416 e. The van der Waals surface area contributed by atoms with Crippen molar-refractivity contribution in [3.63, 3.8) is 0 Å². The smallest absolute Gasteiger partial charge is 0.267 e. The summed E-state index contributed by atoms with van der Waals surface area (Å²) in [6.45, 7) is 0. The highest BCUT2D eigenvalue weighted by Crippen LogP contribution is 2.30. The van der Waals surface area contributed by atoms with E-state index in [1.165, 1.54) is 6.07 Å². The van der Waals surface area contributed by atoms with Gasteiger partial charge in [0.05, 0.1) is 17.3 Å². The number of rotatable bonds is 3. The minimum absolute atomic E-state index is 0.251. The molecule has 2 aromatic carbocycles. The first-order valence-electron chi connectivity index (χ1n) is 6.75. The SMILES string of the molecule is O=C(N/N=C\c1ccc(C(F)(F)F)cc1)c1cccc(C(F)(F)F)c1. The molecule has 0 atom stereocenters. The van der Waals surface area contributed by atoms with Gasteiger partial charge in [0, 0.05) is 5.56 Å². The van der Waals surface area contributed by atoms with Gasteiger partial charge in [-0.05, 0) is 35.9 Å². The molecular weight excluding hydrogens is 350 g/mol. The van der Waals surface area contributed by atoms with Crippen molar-refractivity contribution in [2.24, 2.45) is 5.10 Å². The lowest BCUT2D eigenvalue weighted by Crippen LogP contribution is -2.18. The molecule has 0 saturated carbocycles. The second kappa shape index (κ2) is 6.96. The van der Waals surface area contributed by atoms with E-state index in [1.54, 1.807) is 0 Å². The summed E-state index contributed by atoms with van der Waals surface area (Å²) < 4.78 is 75.0. The van der Waals surface area contributed by atoms with Gasteiger partial charge >= 0.3 is 12.4 Å². The van der Waals surface area contributed by atoms with Crippen molar-refractivity contribution in [2.75, 3.05) is 0 Å². The number of nitrogens with one attached hydrogen (secondary N) is 1. The number of amides is 1. The number of carbonyl (C=O) groups excluding carboxylic acids is 1. The van der Waals surface area contributed by atoms with Gasteiger partial charge in [-0.3, -0.25) is 4.79 Å². The van der Waals surface area contributed by atoms with E-state index in [4.69, 9.17) is 0 Å². The van der Waals surface area contributed by atoms with Gasteiger partial charge in [0.15, 0.2) is 0 Å². The fraction of sp³-hybridized carbons (Fsp3) is 0.125. The van der Waals surface area contributed by atoms with E-state index < -0.39 is 29.4 Å². The van der Waals surface area contributed by atoms with Crippen LogP contribution in [0.15, 0.2) is 53.6 Å². The standard InChI is InChI=1S/C16H10F6N2O/c17-15(18,19)12-6-4-10(5-7-12)9-23-24-14(25)11-2-1-3-13(8-11)16(20,21)22/h1-9H,(H,24,25)/b23-9-. The number of halogens is 6. The zero-order valence-electron chi connectivity index (χ0n) is 12.3. The van der Waals surface area contributed by atoms with E-state index in [-0.39, 0.29) is 11.1 Å². The predicted octanol–water partition coefficient (Wildman–Crippen LogP) is 4.49. The molecule has 0 saturated heterocycles. The maximum atomic E-state index is 12.6. The van der Waals surface area contributed by atoms with Gasteiger partial charge in [-0.15, -0.1) is 0 Å². The van der Waals surface area contributed by atoms with E-state index in [0.717, 1.165) is 42.6 Å². The van der Waals surface area contributed by atoms with Gasteiger partial charge in [-0.2, -0.15) is 31.4 Å². The van der Waals surface area contributed by atoms with Crippen LogP contribution in [0, 0.1) is 0 Å². The summed E-state index contributed by atoms with van der Waals surface area (Å²) in [6, 6.07) is 7.72. The minimum atomic E-state index is -4.58. The molecule has 0 aliphatic heterocycles. The van der Waals surface area contributed by atoms with Gasteiger partial charge in [0.25, 0.3) is 5.91 Å². The maximum absolute atomic E-state index is 12.6. The number of hydrazone groups is 1. The summed E-state index contributed by atoms with van der Waals surface area (Å²) in [5.41, 5.74) is 0.221. The average Bonchev–Trinajstić information content (AvgIpc) is 2.54. The minimum Gasteiger partial charge on any atom is -0.267 e. The molecule has 0 radical (unpaired) electrons. The fourth-order valence-corrected chi connectivity index (χ4v) is 1.82. The van der Waals surface area contributed by atoms with Crippen LogP contribution in [0.4, 0.5) is 26.3 Å². The first-order chi connectivity index (χ1) is 11.6. The highest BCUT2D eigenvalue weighted by molar-refractivity contribution is 5.95. The Bertz CT molecular complexity index is 778. The van der Waals surface area contributed by atoms with E-state index >= 15 is 0 Å². The molecule has 0 bridgehead atoms. The Labute approximate surface area is 138 Å². The maximum Gasteiger partial charge on any atom is 0.416 e. The summed E-state index contributed by atoms with van der Waals surface area (Å²) in [4.78, 5) is 11.8. The summed E-state index contributed by atoms with van der Waals surface area (Å²) >= 11 is 0. The monoisotopic (exact) mass is 360 g/mol. The van der Waals surface area contributed by atoms with Gasteiger partial charge in [0.1, 0.15) is 0 Å². The molecule has 0 fully saturated rings. The Kier molecular flexibility index (Phi) is 5.15. The summed E-state index contributed by atoms with van der Waals surface area (Å²) in [6.07, 6.45) is -7.97. The summed E-state index contributed by atoms with van der Waals surface area (Å²) in [5, 5.41) is 3.51. The molecule has 0 aliphatic carbocycles. The second-order valence-corrected chi connectivity index (χ2v) is 4.90. The van der Waals surface area contributed by atoms with Crippen molar-refractivity contribution in [3.05, 3.63) is 70.8 Å². The topological polar surface area (TPSA) is 41.5 Å². The Morgan fingerprint density at radius 2 is 1.48 bits per heavy atom. The van der Waals surface area contributed by atoms with Gasteiger partial charge in [0.2, 0.25) is 0 Å². The molecular formula is C16H10F6N2O. The Hall–Kier alpha value is -2.84. The summed E-state index contributed by atoms with van der Waals surface area (Å²) in [7, 11) is 0. The molecule has 25 heavy (non-hydrogen) atoms. The zero-order chi connectivity index (χ0) is 18.7. The molecule has 2 rings (SSSR count). The normalized spacial score (nSPS) is 12.4. The fourth-order valence-electron chi connectivity index (χ4n) is 1.82. The molecule has 2 aromatic rings. The first kappa shape index (κ1) is 18.5. The van der Waals surface area contributed by atoms with Crippen LogP contribution in [0.5, 0.6) is 0 Å². The molecule has 1 amide bonds. The Morgan fingerprint density at radius 1 is 0.880 bits per heavy atom. The highest BCUT2D eigenvalue weighted by Gasteiger charge is 2.31. The third-order valence-corrected chi connectivity index (χ3v) is 3.07. The van der Waals surface area contributed by atoms with Gasteiger partial charge in [-0.25, -0.2) is 5.43 Å². The molecule has 0 aliphatic rings. The third-order valence-electron chi connectivity index (χ3n) is 3.07. The van der Waals surface area contributed by atoms with E-state index in [9.17, 15) is 31.1 Å². The van der Waals surface area contributed by atoms with Crippen molar-refractivity contribution >= 4 is 12.1 Å². The lowest BCUT2D eigenvalue weighted by Gasteiger charge is -2.07. The van der Waals surface area contributed by atoms with E-state index in [1.807, 2.05) is 5.43 Å². The van der Waals surface area contributed by atoms with Crippen LogP contribution >= 0.6 is 0 Å². The molecule has 3 nitrogen and oxygen atoms in total. The van der Waals surface area contributed by atoms with E-state index in [2.05, 4.69) is 5.10 Å². The molecule has 0 spiro atoms. The summed E-state index contributed by atoms with van der Waals surface area (Å²) in [5.74, 6) is -0.880. The molecule has 0 aromatic heterocycles. The van der Waals surface area contributed by atoms with Crippen molar-refractivity contribution in [2.45, 2.75) is 12.4 Å². The van der Waals surface area contributed by atoms with Crippen LogP contribution < -0.4 is 5.43 Å². The number of hydrogen-bond donors (Lipinski definition) is 1. The number of benzene rings is 2. The van der Waals surface area contributed by atoms with Crippen LogP contribution in [-0.4, -0.2) is 12.1 Å².